The second-order valence-electron chi connectivity index (χ2n) is 6.91. The van der Waals surface area contributed by atoms with Crippen molar-refractivity contribution < 1.29 is 13.2 Å². The number of pyridine rings is 1. The molecule has 2 heterocycles. The fourth-order valence-electron chi connectivity index (χ4n) is 3.17. The molecule has 1 N–H and O–H groups in total. The van der Waals surface area contributed by atoms with Gasteiger partial charge in [0.2, 0.25) is 0 Å². The average Bonchev–Trinajstić information content (AvgIpc) is 2.91. The zero-order valence-corrected chi connectivity index (χ0v) is 16.7. The van der Waals surface area contributed by atoms with E-state index in [0.29, 0.717) is 24.0 Å². The van der Waals surface area contributed by atoms with Crippen LogP contribution < -0.4 is 10.2 Å². The minimum Gasteiger partial charge on any atom is -0.355 e. The predicted octanol–water partition coefficient (Wildman–Crippen LogP) is 4.63. The molecule has 1 aromatic heterocycles. The number of anilines is 2. The lowest BCUT2D eigenvalue weighted by Crippen LogP contribution is -2.38. The van der Waals surface area contributed by atoms with Crippen molar-refractivity contribution in [2.45, 2.75) is 26.4 Å². The summed E-state index contributed by atoms with van der Waals surface area (Å²) in [6, 6.07) is 8.58. The lowest BCUT2D eigenvalue weighted by atomic mass is 10.1. The molecule has 1 aliphatic heterocycles. The highest BCUT2D eigenvalue weighted by Gasteiger charge is 2.31. The molecule has 8 heteroatoms. The van der Waals surface area contributed by atoms with Crippen LogP contribution in [-0.2, 0) is 6.18 Å². The first kappa shape index (κ1) is 20.4. The van der Waals surface area contributed by atoms with Crippen LogP contribution in [-0.4, -0.2) is 41.2 Å². The van der Waals surface area contributed by atoms with Crippen molar-refractivity contribution in [1.29, 1.82) is 0 Å². The number of hydrogen-bond donors (Lipinski definition) is 1. The maximum absolute atomic E-state index is 12.7. The molecule has 28 heavy (non-hydrogen) atoms. The summed E-state index contributed by atoms with van der Waals surface area (Å²) in [5.74, 6) is 0.559. The maximum atomic E-state index is 12.7. The molecule has 1 aliphatic rings. The van der Waals surface area contributed by atoms with Crippen LogP contribution in [0.25, 0.3) is 0 Å². The van der Waals surface area contributed by atoms with Gasteiger partial charge in [-0.1, -0.05) is 12.1 Å². The SMILES string of the molecule is Cc1cccc(NC(=S)N2CCCN(c3ccc(C(F)(F)F)cn3)CC2)c1C. The van der Waals surface area contributed by atoms with Crippen LogP contribution in [0.1, 0.15) is 23.1 Å². The summed E-state index contributed by atoms with van der Waals surface area (Å²) < 4.78 is 38.2. The van der Waals surface area contributed by atoms with E-state index < -0.39 is 11.7 Å². The van der Waals surface area contributed by atoms with E-state index in [1.54, 1.807) is 0 Å². The van der Waals surface area contributed by atoms with Crippen LogP contribution >= 0.6 is 12.2 Å². The predicted molar refractivity (Wildman–Crippen MR) is 110 cm³/mol. The second kappa shape index (κ2) is 8.34. The highest BCUT2D eigenvalue weighted by atomic mass is 32.1. The molecule has 0 amide bonds. The van der Waals surface area contributed by atoms with Crippen LogP contribution in [0.3, 0.4) is 0 Å². The third-order valence-corrected chi connectivity index (χ3v) is 5.39. The van der Waals surface area contributed by atoms with E-state index in [1.807, 2.05) is 17.0 Å². The number of benzene rings is 1. The topological polar surface area (TPSA) is 31.4 Å². The fourth-order valence-corrected chi connectivity index (χ4v) is 3.46. The Bertz CT molecular complexity index is 836. The molecule has 0 radical (unpaired) electrons. The minimum absolute atomic E-state index is 0.559. The van der Waals surface area contributed by atoms with Crippen molar-refractivity contribution in [2.75, 3.05) is 36.4 Å². The standard InChI is InChI=1S/C20H23F3N4S/c1-14-5-3-6-17(15(14)2)25-19(28)27-10-4-9-26(11-12-27)18-8-7-16(13-24-18)20(21,22)23/h3,5-8,13H,4,9-12H2,1-2H3,(H,25,28). The van der Waals surface area contributed by atoms with Crippen LogP contribution in [0.5, 0.6) is 0 Å². The van der Waals surface area contributed by atoms with Gasteiger partial charge in [-0.25, -0.2) is 4.98 Å². The zero-order valence-electron chi connectivity index (χ0n) is 15.9. The summed E-state index contributed by atoms with van der Waals surface area (Å²) in [5.41, 5.74) is 2.63. The zero-order chi connectivity index (χ0) is 20.3. The number of hydrogen-bond acceptors (Lipinski definition) is 3. The Balaban J connectivity index is 1.63. The molecular formula is C20H23F3N4S. The van der Waals surface area contributed by atoms with E-state index in [4.69, 9.17) is 12.2 Å². The van der Waals surface area contributed by atoms with Gasteiger partial charge in [0.15, 0.2) is 5.11 Å². The summed E-state index contributed by atoms with van der Waals surface area (Å²) in [7, 11) is 0. The lowest BCUT2D eigenvalue weighted by molar-refractivity contribution is -0.137. The monoisotopic (exact) mass is 408 g/mol. The first-order chi connectivity index (χ1) is 13.3. The van der Waals surface area contributed by atoms with Gasteiger partial charge in [-0.3, -0.25) is 0 Å². The maximum Gasteiger partial charge on any atom is 0.417 e. The Morgan fingerprint density at radius 1 is 1.07 bits per heavy atom. The normalized spacial score (nSPS) is 15.3. The van der Waals surface area contributed by atoms with Crippen molar-refractivity contribution >= 4 is 28.8 Å². The van der Waals surface area contributed by atoms with Gasteiger partial charge in [0.05, 0.1) is 5.56 Å². The van der Waals surface area contributed by atoms with E-state index in [9.17, 15) is 13.2 Å². The van der Waals surface area contributed by atoms with E-state index in [0.717, 1.165) is 43.0 Å². The molecule has 0 spiro atoms. The average molecular weight is 408 g/mol. The molecule has 0 atom stereocenters. The Labute approximate surface area is 168 Å². The molecule has 0 unspecified atom stereocenters. The van der Waals surface area contributed by atoms with E-state index in [-0.39, 0.29) is 0 Å². The van der Waals surface area contributed by atoms with Crippen LogP contribution in [0.15, 0.2) is 36.5 Å². The summed E-state index contributed by atoms with van der Waals surface area (Å²) in [4.78, 5) is 8.11. The molecule has 1 saturated heterocycles. The van der Waals surface area contributed by atoms with E-state index in [1.165, 1.54) is 11.6 Å². The molecule has 150 valence electrons. The van der Waals surface area contributed by atoms with E-state index >= 15 is 0 Å². The number of nitrogens with one attached hydrogen (secondary N) is 1. The largest absolute Gasteiger partial charge is 0.417 e. The van der Waals surface area contributed by atoms with Gasteiger partial charge >= 0.3 is 6.18 Å². The van der Waals surface area contributed by atoms with E-state index in [2.05, 4.69) is 35.1 Å². The molecule has 1 aromatic carbocycles. The van der Waals surface area contributed by atoms with Crippen molar-refractivity contribution in [3.63, 3.8) is 0 Å². The third-order valence-electron chi connectivity index (χ3n) is 5.03. The van der Waals surface area contributed by atoms with Crippen molar-refractivity contribution in [2.24, 2.45) is 0 Å². The minimum atomic E-state index is -4.37. The smallest absolute Gasteiger partial charge is 0.355 e. The van der Waals surface area contributed by atoms with Gasteiger partial charge in [-0.05, 0) is 61.8 Å². The molecule has 1 fully saturated rings. The third kappa shape index (κ3) is 4.73. The molecular weight excluding hydrogens is 385 g/mol. The number of aryl methyl sites for hydroxylation is 1. The highest BCUT2D eigenvalue weighted by molar-refractivity contribution is 7.80. The summed E-state index contributed by atoms with van der Waals surface area (Å²) in [6.07, 6.45) is -2.63. The second-order valence-corrected chi connectivity index (χ2v) is 7.29. The van der Waals surface area contributed by atoms with Crippen LogP contribution in [0.4, 0.5) is 24.7 Å². The number of aromatic nitrogens is 1. The van der Waals surface area contributed by atoms with Gasteiger partial charge in [0.25, 0.3) is 0 Å². The lowest BCUT2D eigenvalue weighted by Gasteiger charge is -2.25. The summed E-state index contributed by atoms with van der Waals surface area (Å²) in [5, 5.41) is 3.99. The summed E-state index contributed by atoms with van der Waals surface area (Å²) >= 11 is 5.59. The molecule has 2 aromatic rings. The highest BCUT2D eigenvalue weighted by Crippen LogP contribution is 2.29. The van der Waals surface area contributed by atoms with Crippen LogP contribution in [0.2, 0.25) is 0 Å². The number of thiocarbonyl (C=S) groups is 1. The van der Waals surface area contributed by atoms with Gasteiger partial charge in [0.1, 0.15) is 5.82 Å². The Morgan fingerprint density at radius 2 is 1.86 bits per heavy atom. The van der Waals surface area contributed by atoms with Gasteiger partial charge in [0, 0.05) is 38.1 Å². The van der Waals surface area contributed by atoms with Gasteiger partial charge in [-0.2, -0.15) is 13.2 Å². The van der Waals surface area contributed by atoms with Crippen molar-refractivity contribution in [3.05, 3.63) is 53.2 Å². The molecule has 0 aliphatic carbocycles. The van der Waals surface area contributed by atoms with Gasteiger partial charge < -0.3 is 15.1 Å². The fraction of sp³-hybridized carbons (Fsp3) is 0.400. The van der Waals surface area contributed by atoms with Crippen LogP contribution in [0, 0.1) is 13.8 Å². The Morgan fingerprint density at radius 3 is 2.54 bits per heavy atom. The molecule has 4 nitrogen and oxygen atoms in total. The Kier molecular flexibility index (Phi) is 6.07. The molecule has 0 bridgehead atoms. The number of nitrogens with zero attached hydrogens (tertiary/aromatic N) is 3. The summed E-state index contributed by atoms with van der Waals surface area (Å²) in [6.45, 7) is 6.95. The Hall–Kier alpha value is -2.35. The van der Waals surface area contributed by atoms with Crippen molar-refractivity contribution in [3.8, 4) is 0 Å². The molecule has 0 saturated carbocycles. The number of rotatable bonds is 2. The van der Waals surface area contributed by atoms with Gasteiger partial charge in [-0.15, -0.1) is 0 Å². The first-order valence-corrected chi connectivity index (χ1v) is 9.57. The van der Waals surface area contributed by atoms with Crippen molar-refractivity contribution in [1.82, 2.24) is 9.88 Å². The first-order valence-electron chi connectivity index (χ1n) is 9.16. The quantitative estimate of drug-likeness (QED) is 0.733. The number of alkyl halides is 3. The molecule has 3 rings (SSSR count). The number of halogens is 3.